The van der Waals surface area contributed by atoms with Gasteiger partial charge in [-0.2, -0.15) is 26.3 Å². The van der Waals surface area contributed by atoms with E-state index in [2.05, 4.69) is 10.0 Å². The second-order valence-electron chi connectivity index (χ2n) is 6.25. The average Bonchev–Trinajstić information content (AvgIpc) is 2.48. The van der Waals surface area contributed by atoms with Crippen LogP contribution in [-0.2, 0) is 0 Å². The largest absolute Gasteiger partial charge is 0.399 e. The summed E-state index contributed by atoms with van der Waals surface area (Å²) in [4.78, 5) is 12.5. The highest BCUT2D eigenvalue weighted by Gasteiger charge is 2.42. The van der Waals surface area contributed by atoms with Crippen LogP contribution >= 0.6 is 11.9 Å². The van der Waals surface area contributed by atoms with Gasteiger partial charge in [0.1, 0.15) is 5.75 Å². The van der Waals surface area contributed by atoms with Crippen molar-refractivity contribution < 1.29 is 31.1 Å². The Balaban J connectivity index is 2.02. The Bertz CT molecular complexity index is 628. The van der Waals surface area contributed by atoms with E-state index >= 15 is 0 Å². The number of alkyl halides is 6. The van der Waals surface area contributed by atoms with Crippen LogP contribution in [-0.4, -0.2) is 29.6 Å². The van der Waals surface area contributed by atoms with Crippen LogP contribution in [0.1, 0.15) is 42.5 Å². The molecule has 1 aliphatic rings. The molecule has 1 fully saturated rings. The van der Waals surface area contributed by atoms with Crippen LogP contribution in [0.3, 0.4) is 0 Å². The van der Waals surface area contributed by atoms with Crippen LogP contribution < -0.4 is 10.0 Å². The Hall–Kier alpha value is -1.58. The van der Waals surface area contributed by atoms with Gasteiger partial charge in [-0.25, -0.2) is 0 Å². The van der Waals surface area contributed by atoms with Gasteiger partial charge in [-0.1, -0.05) is 12.1 Å². The van der Waals surface area contributed by atoms with Gasteiger partial charge in [0.2, 0.25) is 0 Å². The highest BCUT2D eigenvalue weighted by Crippen LogP contribution is 2.39. The van der Waals surface area contributed by atoms with Crippen molar-refractivity contribution in [2.24, 2.45) is 0 Å². The van der Waals surface area contributed by atoms with E-state index in [0.29, 0.717) is 24.8 Å². The maximum Gasteiger partial charge on any atom is 0.399 e. The van der Waals surface area contributed by atoms with Crippen LogP contribution in [0.15, 0.2) is 24.3 Å². The summed E-state index contributed by atoms with van der Waals surface area (Å²) < 4.78 is 76.7. The highest BCUT2D eigenvalue weighted by molar-refractivity contribution is 8.00. The van der Waals surface area contributed by atoms with Crippen molar-refractivity contribution in [1.82, 2.24) is 5.32 Å². The van der Waals surface area contributed by atoms with Crippen LogP contribution in [0.5, 0.6) is 0 Å². The number of carbonyl (C=O) groups is 1. The minimum absolute atomic E-state index is 0.0976. The molecule has 0 aliphatic heterocycles. The molecular weight excluding hydrogens is 382 g/mol. The van der Waals surface area contributed by atoms with Crippen molar-refractivity contribution in [3.8, 4) is 0 Å². The van der Waals surface area contributed by atoms with Gasteiger partial charge in [-0.05, 0) is 49.8 Å². The molecule has 10 heteroatoms. The monoisotopic (exact) mass is 400 g/mol. The number of hydrogen-bond acceptors (Lipinski definition) is 3. The molecule has 0 spiro atoms. The summed E-state index contributed by atoms with van der Waals surface area (Å²) in [6, 6.07) is 5.96. The first-order valence-corrected chi connectivity index (χ1v) is 8.91. The van der Waals surface area contributed by atoms with E-state index in [-0.39, 0.29) is 17.7 Å². The molecule has 0 unspecified atom stereocenters. The van der Waals surface area contributed by atoms with Gasteiger partial charge in [0.05, 0.1) is 11.3 Å². The summed E-state index contributed by atoms with van der Waals surface area (Å²) in [5.74, 6) is -1.74. The van der Waals surface area contributed by atoms with E-state index in [9.17, 15) is 31.1 Å². The van der Waals surface area contributed by atoms with Crippen molar-refractivity contribution in [2.75, 3.05) is 10.5 Å². The summed E-state index contributed by atoms with van der Waals surface area (Å²) in [5.41, 5.74) is -0.622. The Kier molecular flexibility index (Phi) is 6.36. The topological polar surface area (TPSA) is 41.1 Å². The zero-order valence-electron chi connectivity index (χ0n) is 13.6. The molecule has 0 aromatic heterocycles. The fourth-order valence-corrected chi connectivity index (χ4v) is 3.27. The second-order valence-corrected chi connectivity index (χ2v) is 7.04. The van der Waals surface area contributed by atoms with Gasteiger partial charge in [-0.3, -0.25) is 4.79 Å². The lowest BCUT2D eigenvalue weighted by Gasteiger charge is -2.43. The third kappa shape index (κ3) is 6.30. The summed E-state index contributed by atoms with van der Waals surface area (Å²) >= 11 is 0.392. The molecule has 0 bridgehead atoms. The molecule has 146 valence electrons. The maximum atomic E-state index is 12.5. The van der Waals surface area contributed by atoms with Gasteiger partial charge >= 0.3 is 12.4 Å². The Morgan fingerprint density at radius 2 is 1.73 bits per heavy atom. The lowest BCUT2D eigenvalue weighted by Crippen LogP contribution is -2.54. The van der Waals surface area contributed by atoms with E-state index in [1.807, 2.05) is 0 Å². The quantitative estimate of drug-likeness (QED) is 0.482. The van der Waals surface area contributed by atoms with E-state index < -0.39 is 36.0 Å². The highest BCUT2D eigenvalue weighted by atomic mass is 32.2. The number of benzene rings is 1. The lowest BCUT2D eigenvalue weighted by atomic mass is 9.73. The van der Waals surface area contributed by atoms with Crippen molar-refractivity contribution in [3.63, 3.8) is 0 Å². The fourth-order valence-electron chi connectivity index (χ4n) is 2.70. The third-order valence-corrected chi connectivity index (χ3v) is 5.00. The van der Waals surface area contributed by atoms with Crippen molar-refractivity contribution in [2.45, 2.75) is 50.0 Å². The zero-order chi connectivity index (χ0) is 19.4. The molecule has 2 N–H and O–H groups in total. The maximum absolute atomic E-state index is 12.5. The summed E-state index contributed by atoms with van der Waals surface area (Å²) in [5, 5.41) is 2.66. The van der Waals surface area contributed by atoms with Gasteiger partial charge in [0, 0.05) is 12.0 Å². The summed E-state index contributed by atoms with van der Waals surface area (Å²) in [6.07, 6.45) is -8.24. The smallest absolute Gasteiger partial charge is 0.347 e. The normalized spacial score (nSPS) is 16.7. The number of anilines is 1. The zero-order valence-corrected chi connectivity index (χ0v) is 14.5. The number of halogens is 6. The molecule has 1 aromatic carbocycles. The van der Waals surface area contributed by atoms with Crippen molar-refractivity contribution >= 4 is 23.5 Å². The molecule has 3 nitrogen and oxygen atoms in total. The number of amides is 1. The number of carbonyl (C=O) groups excluding carboxylic acids is 1. The number of nitrogens with one attached hydrogen (secondary N) is 2. The number of hydrogen-bond donors (Lipinski definition) is 2. The van der Waals surface area contributed by atoms with Crippen molar-refractivity contribution in [1.29, 1.82) is 0 Å². The minimum Gasteiger partial charge on any atom is -0.347 e. The molecule has 0 radical (unpaired) electrons. The minimum atomic E-state index is -4.36. The second kappa shape index (κ2) is 7.98. The first-order valence-electron chi connectivity index (χ1n) is 7.93. The molecular formula is C16H18F6N2OS. The average molecular weight is 400 g/mol. The molecule has 1 amide bonds. The Morgan fingerprint density at radius 3 is 2.27 bits per heavy atom. The van der Waals surface area contributed by atoms with Crippen LogP contribution in [0, 0.1) is 0 Å². The van der Waals surface area contributed by atoms with Crippen LogP contribution in [0.4, 0.5) is 32.0 Å². The molecule has 26 heavy (non-hydrogen) atoms. The predicted octanol–water partition coefficient (Wildman–Crippen LogP) is 5.30. The lowest BCUT2D eigenvalue weighted by molar-refractivity contribution is -0.140. The molecule has 0 atom stereocenters. The van der Waals surface area contributed by atoms with Crippen LogP contribution in [0.25, 0.3) is 0 Å². The summed E-state index contributed by atoms with van der Waals surface area (Å²) in [7, 11) is 0. The predicted molar refractivity (Wildman–Crippen MR) is 87.9 cm³/mol. The number of rotatable bonds is 7. The van der Waals surface area contributed by atoms with E-state index in [0.717, 1.165) is 6.42 Å². The van der Waals surface area contributed by atoms with Gasteiger partial charge in [0.15, 0.2) is 0 Å². The molecule has 1 aliphatic carbocycles. The molecule has 0 heterocycles. The third-order valence-electron chi connectivity index (χ3n) is 4.17. The standard InChI is InChI=1S/C16H18F6N2OS/c17-15(18,19)9-8-14(6-3-7-14)23-13(25)11-4-1-2-5-12(11)24-26-10-16(20,21)22/h1-2,4-5,24H,3,6-10H2,(H,23,25). The van der Waals surface area contributed by atoms with Crippen LogP contribution in [0.2, 0.25) is 0 Å². The van der Waals surface area contributed by atoms with Crippen molar-refractivity contribution in [3.05, 3.63) is 29.8 Å². The Labute approximate surface area is 151 Å². The Morgan fingerprint density at radius 1 is 1.08 bits per heavy atom. The number of para-hydroxylation sites is 1. The molecule has 0 saturated heterocycles. The SMILES string of the molecule is O=C(NC1(CCC(F)(F)F)CCC1)c1ccccc1NSCC(F)(F)F. The molecule has 1 aromatic rings. The van der Waals surface area contributed by atoms with E-state index in [1.165, 1.54) is 18.2 Å². The van der Waals surface area contributed by atoms with E-state index in [1.54, 1.807) is 6.07 Å². The van der Waals surface area contributed by atoms with E-state index in [4.69, 9.17) is 0 Å². The van der Waals surface area contributed by atoms with Gasteiger partial charge < -0.3 is 10.0 Å². The first-order chi connectivity index (χ1) is 12.0. The molecule has 1 saturated carbocycles. The molecule has 2 rings (SSSR count). The fraction of sp³-hybridized carbons (Fsp3) is 0.562. The van der Waals surface area contributed by atoms with Gasteiger partial charge in [-0.15, -0.1) is 0 Å². The van der Waals surface area contributed by atoms with Gasteiger partial charge in [0.25, 0.3) is 5.91 Å². The first kappa shape index (κ1) is 20.7. The summed E-state index contributed by atoms with van der Waals surface area (Å²) in [6.45, 7) is 0.